The predicted octanol–water partition coefficient (Wildman–Crippen LogP) is 4.35. The number of nitrogens with zero attached hydrogens (tertiary/aromatic N) is 3. The van der Waals surface area contributed by atoms with Gasteiger partial charge in [0.05, 0.1) is 6.04 Å². The molecule has 0 aliphatic rings. The van der Waals surface area contributed by atoms with E-state index in [4.69, 9.17) is 0 Å². The Labute approximate surface area is 178 Å². The van der Waals surface area contributed by atoms with Gasteiger partial charge in [0.15, 0.2) is 5.96 Å². The number of nitrogens with one attached hydrogen (secondary N) is 2. The SMILES string of the molecule is CCNC(=NCCCCn1ccnc1C)NC(C)c1ccc(C)c(F)c1.I. The van der Waals surface area contributed by atoms with Crippen molar-refractivity contribution in [2.45, 2.75) is 53.1 Å². The van der Waals surface area contributed by atoms with Crippen molar-refractivity contribution < 1.29 is 4.39 Å². The first-order valence-electron chi connectivity index (χ1n) is 9.30. The molecule has 2 aromatic rings. The molecular weight excluding hydrogens is 456 g/mol. The van der Waals surface area contributed by atoms with Gasteiger partial charge in [-0.15, -0.1) is 24.0 Å². The highest BCUT2D eigenvalue weighted by molar-refractivity contribution is 14.0. The highest BCUT2D eigenvalue weighted by atomic mass is 127. The lowest BCUT2D eigenvalue weighted by Gasteiger charge is -2.18. The third kappa shape index (κ3) is 7.48. The van der Waals surface area contributed by atoms with E-state index in [1.54, 1.807) is 13.0 Å². The first-order valence-corrected chi connectivity index (χ1v) is 9.30. The average molecular weight is 487 g/mol. The number of guanidine groups is 1. The molecule has 1 aromatic carbocycles. The predicted molar refractivity (Wildman–Crippen MR) is 120 cm³/mol. The Bertz CT molecular complexity index is 729. The van der Waals surface area contributed by atoms with E-state index in [-0.39, 0.29) is 35.8 Å². The van der Waals surface area contributed by atoms with Crippen LogP contribution in [0.4, 0.5) is 4.39 Å². The molecule has 0 radical (unpaired) electrons. The minimum atomic E-state index is -0.173. The summed E-state index contributed by atoms with van der Waals surface area (Å²) in [5.74, 6) is 1.63. The summed E-state index contributed by atoms with van der Waals surface area (Å²) in [6.45, 7) is 10.3. The van der Waals surface area contributed by atoms with Crippen LogP contribution in [0, 0.1) is 19.7 Å². The van der Waals surface area contributed by atoms with Crippen LogP contribution < -0.4 is 10.6 Å². The van der Waals surface area contributed by atoms with Gasteiger partial charge in [-0.2, -0.15) is 0 Å². The molecule has 0 saturated heterocycles. The van der Waals surface area contributed by atoms with Crippen LogP contribution in [0.15, 0.2) is 35.6 Å². The van der Waals surface area contributed by atoms with Gasteiger partial charge in [0.1, 0.15) is 11.6 Å². The first kappa shape index (κ1) is 23.4. The number of aliphatic imine (C=N–C) groups is 1. The smallest absolute Gasteiger partial charge is 0.191 e. The first-order chi connectivity index (χ1) is 12.5. The molecule has 1 heterocycles. The molecule has 7 heteroatoms. The molecular formula is C20H31FIN5. The van der Waals surface area contributed by atoms with E-state index in [0.717, 1.165) is 49.8 Å². The monoisotopic (exact) mass is 487 g/mol. The Morgan fingerprint density at radius 3 is 2.70 bits per heavy atom. The Morgan fingerprint density at radius 1 is 1.30 bits per heavy atom. The van der Waals surface area contributed by atoms with Crippen molar-refractivity contribution in [3.8, 4) is 0 Å². The average Bonchev–Trinajstić information content (AvgIpc) is 3.02. The second-order valence-electron chi connectivity index (χ2n) is 6.51. The van der Waals surface area contributed by atoms with Gasteiger partial charge in [-0.1, -0.05) is 12.1 Å². The Morgan fingerprint density at radius 2 is 2.07 bits per heavy atom. The molecule has 0 bridgehead atoms. The molecule has 0 amide bonds. The third-order valence-electron chi connectivity index (χ3n) is 4.39. The summed E-state index contributed by atoms with van der Waals surface area (Å²) in [5.41, 5.74) is 1.57. The number of aromatic nitrogens is 2. The van der Waals surface area contributed by atoms with Gasteiger partial charge in [-0.05, 0) is 57.7 Å². The standard InChI is InChI=1S/C20H30FN5.HI/c1-5-22-20(24-10-6-7-12-26-13-11-23-17(26)4)25-16(3)18-9-8-15(2)19(21)14-18;/h8-9,11,13-14,16H,5-7,10,12H2,1-4H3,(H2,22,24,25);1H. The molecule has 0 aliphatic heterocycles. The molecule has 2 N–H and O–H groups in total. The molecule has 2 rings (SSSR count). The van der Waals surface area contributed by atoms with Crippen molar-refractivity contribution in [3.05, 3.63) is 53.4 Å². The van der Waals surface area contributed by atoms with Crippen LogP contribution >= 0.6 is 24.0 Å². The van der Waals surface area contributed by atoms with E-state index in [2.05, 4.69) is 25.2 Å². The topological polar surface area (TPSA) is 54.2 Å². The summed E-state index contributed by atoms with van der Waals surface area (Å²) in [5, 5.41) is 6.60. The molecule has 1 atom stereocenters. The van der Waals surface area contributed by atoms with E-state index in [9.17, 15) is 4.39 Å². The quantitative estimate of drug-likeness (QED) is 0.252. The van der Waals surface area contributed by atoms with Gasteiger partial charge in [0, 0.05) is 32.0 Å². The summed E-state index contributed by atoms with van der Waals surface area (Å²) in [7, 11) is 0. The van der Waals surface area contributed by atoms with Gasteiger partial charge >= 0.3 is 0 Å². The fourth-order valence-corrected chi connectivity index (χ4v) is 2.71. The Balaban J connectivity index is 0.00000364. The molecule has 1 unspecified atom stereocenters. The van der Waals surface area contributed by atoms with Crippen molar-refractivity contribution in [2.75, 3.05) is 13.1 Å². The van der Waals surface area contributed by atoms with Gasteiger partial charge in [0.2, 0.25) is 0 Å². The molecule has 0 aliphatic carbocycles. The van der Waals surface area contributed by atoms with Crippen molar-refractivity contribution in [1.29, 1.82) is 0 Å². The van der Waals surface area contributed by atoms with Crippen LogP contribution in [0.25, 0.3) is 0 Å². The van der Waals surface area contributed by atoms with Gasteiger partial charge in [-0.3, -0.25) is 4.99 Å². The van der Waals surface area contributed by atoms with Crippen LogP contribution in [0.1, 0.15) is 49.7 Å². The van der Waals surface area contributed by atoms with Crippen LogP contribution in [0.5, 0.6) is 0 Å². The Kier molecular flexibility index (Phi) is 10.4. The maximum atomic E-state index is 13.8. The van der Waals surface area contributed by atoms with Crippen molar-refractivity contribution >= 4 is 29.9 Å². The van der Waals surface area contributed by atoms with E-state index < -0.39 is 0 Å². The number of aryl methyl sites for hydroxylation is 3. The van der Waals surface area contributed by atoms with Gasteiger partial charge in [-0.25, -0.2) is 9.37 Å². The fourth-order valence-electron chi connectivity index (χ4n) is 2.71. The molecule has 27 heavy (non-hydrogen) atoms. The largest absolute Gasteiger partial charge is 0.357 e. The minimum Gasteiger partial charge on any atom is -0.357 e. The Hall–Kier alpha value is -1.64. The third-order valence-corrected chi connectivity index (χ3v) is 4.39. The summed E-state index contributed by atoms with van der Waals surface area (Å²) in [6.07, 6.45) is 5.89. The molecule has 1 aromatic heterocycles. The number of benzene rings is 1. The maximum Gasteiger partial charge on any atom is 0.191 e. The lowest BCUT2D eigenvalue weighted by molar-refractivity contribution is 0.597. The van der Waals surface area contributed by atoms with Crippen molar-refractivity contribution in [3.63, 3.8) is 0 Å². The maximum absolute atomic E-state index is 13.8. The van der Waals surface area contributed by atoms with Crippen molar-refractivity contribution in [2.24, 2.45) is 4.99 Å². The lowest BCUT2D eigenvalue weighted by atomic mass is 10.1. The highest BCUT2D eigenvalue weighted by Crippen LogP contribution is 2.16. The van der Waals surface area contributed by atoms with Crippen LogP contribution in [-0.4, -0.2) is 28.6 Å². The van der Waals surface area contributed by atoms with Crippen LogP contribution in [-0.2, 0) is 6.54 Å². The second-order valence-corrected chi connectivity index (χ2v) is 6.51. The van der Waals surface area contributed by atoms with Crippen molar-refractivity contribution in [1.82, 2.24) is 20.2 Å². The zero-order valence-electron chi connectivity index (χ0n) is 16.6. The summed E-state index contributed by atoms with van der Waals surface area (Å²) in [4.78, 5) is 8.87. The van der Waals surface area contributed by atoms with E-state index in [1.807, 2.05) is 45.3 Å². The molecule has 0 spiro atoms. The normalized spacial score (nSPS) is 12.4. The second kappa shape index (κ2) is 11.9. The van der Waals surface area contributed by atoms with Crippen LogP contribution in [0.3, 0.4) is 0 Å². The number of imidazole rings is 1. The number of unbranched alkanes of at least 4 members (excludes halogenated alkanes) is 1. The molecule has 0 fully saturated rings. The van der Waals surface area contributed by atoms with Crippen LogP contribution in [0.2, 0.25) is 0 Å². The number of hydrogen-bond acceptors (Lipinski definition) is 2. The molecule has 0 saturated carbocycles. The van der Waals surface area contributed by atoms with E-state index in [0.29, 0.717) is 5.56 Å². The minimum absolute atomic E-state index is 0. The van der Waals surface area contributed by atoms with E-state index in [1.165, 1.54) is 0 Å². The van der Waals surface area contributed by atoms with Gasteiger partial charge in [0.25, 0.3) is 0 Å². The highest BCUT2D eigenvalue weighted by Gasteiger charge is 2.09. The van der Waals surface area contributed by atoms with Gasteiger partial charge < -0.3 is 15.2 Å². The van der Waals surface area contributed by atoms with E-state index >= 15 is 0 Å². The zero-order chi connectivity index (χ0) is 18.9. The number of rotatable bonds is 8. The summed E-state index contributed by atoms with van der Waals surface area (Å²) >= 11 is 0. The number of hydrogen-bond donors (Lipinski definition) is 2. The summed E-state index contributed by atoms with van der Waals surface area (Å²) < 4.78 is 15.9. The fraction of sp³-hybridized carbons (Fsp3) is 0.500. The lowest BCUT2D eigenvalue weighted by Crippen LogP contribution is -2.38. The zero-order valence-corrected chi connectivity index (χ0v) is 19.0. The molecule has 150 valence electrons. The number of halogens is 2. The summed E-state index contributed by atoms with van der Waals surface area (Å²) in [6, 6.07) is 5.33. The molecule has 5 nitrogen and oxygen atoms in total.